The molecule has 2 unspecified atom stereocenters. The standard InChI is InChI=1S/C17H21N3O/c21-17-9-15-5-6-16(10-17)20(15)11-13-1-3-14(4-2-13)19-8-7-18-12-19/h1-4,7-8,12,15-17,21H,5-6,9-11H2. The maximum atomic E-state index is 9.88. The summed E-state index contributed by atoms with van der Waals surface area (Å²) in [6.07, 6.45) is 9.88. The molecule has 0 aliphatic carbocycles. The average Bonchev–Trinajstić information content (AvgIpc) is 3.09. The number of aromatic nitrogens is 2. The van der Waals surface area contributed by atoms with Crippen LogP contribution in [0.25, 0.3) is 5.69 Å². The van der Waals surface area contributed by atoms with Gasteiger partial charge in [0.2, 0.25) is 0 Å². The van der Waals surface area contributed by atoms with Gasteiger partial charge in [0.1, 0.15) is 0 Å². The third-order valence-corrected chi connectivity index (χ3v) is 4.96. The number of piperidine rings is 1. The van der Waals surface area contributed by atoms with Crippen molar-refractivity contribution in [2.45, 2.75) is 50.4 Å². The lowest BCUT2D eigenvalue weighted by molar-refractivity contribution is 0.0310. The summed E-state index contributed by atoms with van der Waals surface area (Å²) < 4.78 is 2.02. The van der Waals surface area contributed by atoms with E-state index in [0.29, 0.717) is 12.1 Å². The molecule has 0 amide bonds. The van der Waals surface area contributed by atoms with Gasteiger partial charge in [-0.25, -0.2) is 4.98 Å². The van der Waals surface area contributed by atoms with Crippen LogP contribution in [-0.4, -0.2) is 37.7 Å². The van der Waals surface area contributed by atoms with Crippen LogP contribution in [0.3, 0.4) is 0 Å². The monoisotopic (exact) mass is 283 g/mol. The third-order valence-electron chi connectivity index (χ3n) is 4.96. The minimum absolute atomic E-state index is 0.0811. The van der Waals surface area contributed by atoms with E-state index in [4.69, 9.17) is 0 Å². The topological polar surface area (TPSA) is 41.3 Å². The average molecular weight is 283 g/mol. The van der Waals surface area contributed by atoms with E-state index in [9.17, 15) is 5.11 Å². The number of benzene rings is 1. The van der Waals surface area contributed by atoms with Crippen LogP contribution < -0.4 is 0 Å². The largest absolute Gasteiger partial charge is 0.393 e. The number of rotatable bonds is 3. The quantitative estimate of drug-likeness (QED) is 0.940. The molecule has 1 aromatic carbocycles. The first-order valence-corrected chi connectivity index (χ1v) is 7.80. The molecule has 2 aromatic rings. The first-order valence-electron chi connectivity index (χ1n) is 7.80. The summed E-state index contributed by atoms with van der Waals surface area (Å²) in [7, 11) is 0. The first kappa shape index (κ1) is 13.0. The zero-order chi connectivity index (χ0) is 14.2. The molecule has 110 valence electrons. The van der Waals surface area contributed by atoms with Crippen LogP contribution in [-0.2, 0) is 6.54 Å². The minimum Gasteiger partial charge on any atom is -0.393 e. The van der Waals surface area contributed by atoms with Crippen LogP contribution in [0.5, 0.6) is 0 Å². The molecule has 1 aromatic heterocycles. The molecule has 0 spiro atoms. The second-order valence-electron chi connectivity index (χ2n) is 6.32. The van der Waals surface area contributed by atoms with E-state index in [-0.39, 0.29) is 6.10 Å². The fourth-order valence-corrected chi connectivity index (χ4v) is 3.90. The molecule has 2 aliphatic rings. The number of hydrogen-bond acceptors (Lipinski definition) is 3. The highest BCUT2D eigenvalue weighted by molar-refractivity contribution is 5.34. The molecule has 3 heterocycles. The molecule has 4 nitrogen and oxygen atoms in total. The van der Waals surface area contributed by atoms with E-state index in [0.717, 1.165) is 25.1 Å². The van der Waals surface area contributed by atoms with Crippen LogP contribution >= 0.6 is 0 Å². The minimum atomic E-state index is -0.0811. The Morgan fingerprint density at radius 1 is 1.10 bits per heavy atom. The molecule has 1 N–H and O–H groups in total. The summed E-state index contributed by atoms with van der Waals surface area (Å²) in [4.78, 5) is 6.68. The molecule has 4 heteroatoms. The van der Waals surface area contributed by atoms with Gasteiger partial charge in [0.15, 0.2) is 0 Å². The Balaban J connectivity index is 1.48. The normalized spacial score (nSPS) is 28.9. The molecule has 2 saturated heterocycles. The predicted molar refractivity (Wildman–Crippen MR) is 81.2 cm³/mol. The van der Waals surface area contributed by atoms with Crippen molar-refractivity contribution < 1.29 is 5.11 Å². The van der Waals surface area contributed by atoms with Crippen LogP contribution in [0.15, 0.2) is 43.0 Å². The lowest BCUT2D eigenvalue weighted by Crippen LogP contribution is -2.44. The zero-order valence-corrected chi connectivity index (χ0v) is 12.1. The van der Waals surface area contributed by atoms with Gasteiger partial charge in [-0.1, -0.05) is 12.1 Å². The molecule has 2 fully saturated rings. The van der Waals surface area contributed by atoms with E-state index in [1.54, 1.807) is 6.20 Å². The Morgan fingerprint density at radius 2 is 1.81 bits per heavy atom. The summed E-state index contributed by atoms with van der Waals surface area (Å²) in [6.45, 7) is 1.01. The highest BCUT2D eigenvalue weighted by atomic mass is 16.3. The van der Waals surface area contributed by atoms with Crippen LogP contribution in [0.2, 0.25) is 0 Å². The van der Waals surface area contributed by atoms with Crippen molar-refractivity contribution in [3.63, 3.8) is 0 Å². The van der Waals surface area contributed by atoms with Gasteiger partial charge < -0.3 is 9.67 Å². The van der Waals surface area contributed by atoms with E-state index in [2.05, 4.69) is 34.1 Å². The highest BCUT2D eigenvalue weighted by Crippen LogP contribution is 2.36. The molecule has 2 bridgehead atoms. The molecule has 2 atom stereocenters. The fraction of sp³-hybridized carbons (Fsp3) is 0.471. The van der Waals surface area contributed by atoms with Crippen molar-refractivity contribution in [2.75, 3.05) is 0 Å². The van der Waals surface area contributed by atoms with Gasteiger partial charge in [-0.3, -0.25) is 4.90 Å². The molecule has 2 aliphatic heterocycles. The molecule has 0 radical (unpaired) electrons. The Labute approximate surface area is 125 Å². The summed E-state index contributed by atoms with van der Waals surface area (Å²) in [6, 6.07) is 9.87. The van der Waals surface area contributed by atoms with Crippen molar-refractivity contribution in [1.29, 1.82) is 0 Å². The number of hydrogen-bond donors (Lipinski definition) is 1. The summed E-state index contributed by atoms with van der Waals surface area (Å²) in [5.74, 6) is 0. The summed E-state index contributed by atoms with van der Waals surface area (Å²) in [5, 5.41) is 9.88. The SMILES string of the molecule is OC1CC2CCC(C1)N2Cc1ccc(-n2ccnc2)cc1. The maximum Gasteiger partial charge on any atom is 0.0991 e. The van der Waals surface area contributed by atoms with Gasteiger partial charge in [0.05, 0.1) is 12.4 Å². The van der Waals surface area contributed by atoms with Crippen molar-refractivity contribution in [2.24, 2.45) is 0 Å². The summed E-state index contributed by atoms with van der Waals surface area (Å²) in [5.41, 5.74) is 2.50. The van der Waals surface area contributed by atoms with Crippen molar-refractivity contribution in [1.82, 2.24) is 14.5 Å². The van der Waals surface area contributed by atoms with Crippen LogP contribution in [0, 0.1) is 0 Å². The second-order valence-corrected chi connectivity index (χ2v) is 6.32. The Bertz CT molecular complexity index is 579. The Hall–Kier alpha value is -1.65. The molecule has 0 saturated carbocycles. The predicted octanol–water partition coefficient (Wildman–Crippen LogP) is 2.36. The molecular formula is C17H21N3O. The van der Waals surface area contributed by atoms with Crippen LogP contribution in [0.4, 0.5) is 0 Å². The maximum absolute atomic E-state index is 9.88. The van der Waals surface area contributed by atoms with Crippen LogP contribution in [0.1, 0.15) is 31.2 Å². The van der Waals surface area contributed by atoms with E-state index >= 15 is 0 Å². The van der Waals surface area contributed by atoms with E-state index in [1.807, 2.05) is 17.1 Å². The van der Waals surface area contributed by atoms with Gasteiger partial charge in [0, 0.05) is 36.7 Å². The number of aliphatic hydroxyl groups excluding tert-OH is 1. The Kier molecular flexibility index (Phi) is 3.28. The van der Waals surface area contributed by atoms with Gasteiger partial charge in [-0.15, -0.1) is 0 Å². The van der Waals surface area contributed by atoms with E-state index in [1.165, 1.54) is 18.4 Å². The van der Waals surface area contributed by atoms with Gasteiger partial charge in [-0.05, 0) is 43.4 Å². The molecule has 21 heavy (non-hydrogen) atoms. The number of nitrogens with zero attached hydrogens (tertiary/aromatic N) is 3. The number of fused-ring (bicyclic) bond motifs is 2. The van der Waals surface area contributed by atoms with E-state index < -0.39 is 0 Å². The second kappa shape index (κ2) is 5.28. The first-order chi connectivity index (χ1) is 10.3. The third kappa shape index (κ3) is 2.49. The van der Waals surface area contributed by atoms with Crippen molar-refractivity contribution in [3.8, 4) is 5.69 Å². The van der Waals surface area contributed by atoms with Crippen molar-refractivity contribution >= 4 is 0 Å². The lowest BCUT2D eigenvalue weighted by Gasteiger charge is -2.37. The van der Waals surface area contributed by atoms with Gasteiger partial charge >= 0.3 is 0 Å². The number of aliphatic hydroxyl groups is 1. The van der Waals surface area contributed by atoms with Gasteiger partial charge in [0.25, 0.3) is 0 Å². The lowest BCUT2D eigenvalue weighted by atomic mass is 9.99. The van der Waals surface area contributed by atoms with Gasteiger partial charge in [-0.2, -0.15) is 0 Å². The number of imidazole rings is 1. The molecular weight excluding hydrogens is 262 g/mol. The highest BCUT2D eigenvalue weighted by Gasteiger charge is 2.39. The summed E-state index contributed by atoms with van der Waals surface area (Å²) >= 11 is 0. The molecule has 4 rings (SSSR count). The van der Waals surface area contributed by atoms with Crippen molar-refractivity contribution in [3.05, 3.63) is 48.5 Å². The Morgan fingerprint density at radius 3 is 2.43 bits per heavy atom. The zero-order valence-electron chi connectivity index (χ0n) is 12.1. The fourth-order valence-electron chi connectivity index (χ4n) is 3.90. The smallest absolute Gasteiger partial charge is 0.0991 e.